The first-order valence-corrected chi connectivity index (χ1v) is 7.35. The maximum absolute atomic E-state index is 11.1. The summed E-state index contributed by atoms with van der Waals surface area (Å²) < 4.78 is 0. The number of fused-ring (bicyclic) bond motifs is 1. The summed E-state index contributed by atoms with van der Waals surface area (Å²) in [7, 11) is 0. The van der Waals surface area contributed by atoms with Crippen molar-refractivity contribution in [2.24, 2.45) is 11.3 Å². The lowest BCUT2D eigenvalue weighted by molar-refractivity contribution is -0.0838. The molecular formula is C17H21NO. The second-order valence-electron chi connectivity index (χ2n) is 6.19. The van der Waals surface area contributed by atoms with Crippen LogP contribution in [0.4, 0.5) is 0 Å². The largest absolute Gasteiger partial charge is 0.388 e. The van der Waals surface area contributed by atoms with Gasteiger partial charge in [0.25, 0.3) is 0 Å². The fourth-order valence-corrected chi connectivity index (χ4v) is 3.88. The smallest absolute Gasteiger partial charge is 0.0906 e. The number of nitriles is 1. The Labute approximate surface area is 115 Å². The number of nitrogens with zero attached hydrogens (tertiary/aromatic N) is 1. The van der Waals surface area contributed by atoms with E-state index in [0.717, 1.165) is 25.7 Å². The van der Waals surface area contributed by atoms with Crippen LogP contribution in [0.3, 0.4) is 0 Å². The van der Waals surface area contributed by atoms with Gasteiger partial charge in [-0.05, 0) is 55.6 Å². The number of aryl methyl sites for hydroxylation is 1. The summed E-state index contributed by atoms with van der Waals surface area (Å²) in [6, 6.07) is 10.9. The van der Waals surface area contributed by atoms with Crippen molar-refractivity contribution in [2.75, 3.05) is 0 Å². The summed E-state index contributed by atoms with van der Waals surface area (Å²) in [5, 5.41) is 20.9. The van der Waals surface area contributed by atoms with Crippen LogP contribution in [0.15, 0.2) is 24.3 Å². The van der Waals surface area contributed by atoms with E-state index in [-0.39, 0.29) is 0 Å². The Morgan fingerprint density at radius 3 is 2.63 bits per heavy atom. The van der Waals surface area contributed by atoms with Gasteiger partial charge in [0.05, 0.1) is 17.1 Å². The highest BCUT2D eigenvalue weighted by molar-refractivity contribution is 5.35. The van der Waals surface area contributed by atoms with Gasteiger partial charge in [0, 0.05) is 0 Å². The Morgan fingerprint density at radius 2 is 2.05 bits per heavy atom. The third kappa shape index (κ3) is 1.80. The molecule has 0 heterocycles. The van der Waals surface area contributed by atoms with Crippen molar-refractivity contribution < 1.29 is 5.11 Å². The molecule has 3 rings (SSSR count). The zero-order chi connectivity index (χ0) is 13.5. The summed E-state index contributed by atoms with van der Waals surface area (Å²) in [5.41, 5.74) is 1.22. The Hall–Kier alpha value is -1.33. The minimum Gasteiger partial charge on any atom is -0.388 e. The van der Waals surface area contributed by atoms with E-state index in [2.05, 4.69) is 24.3 Å². The van der Waals surface area contributed by atoms with Crippen LogP contribution in [0.5, 0.6) is 0 Å². The van der Waals surface area contributed by atoms with Gasteiger partial charge in [0.2, 0.25) is 0 Å². The van der Waals surface area contributed by atoms with Crippen molar-refractivity contribution in [3.63, 3.8) is 0 Å². The quantitative estimate of drug-likeness (QED) is 0.901. The van der Waals surface area contributed by atoms with E-state index < -0.39 is 11.0 Å². The fraction of sp³-hybridized carbons (Fsp3) is 0.588. The number of hydrogen-bond acceptors (Lipinski definition) is 2. The SMILES string of the molecule is CCC(O)(C1CC1)C1(C#N)CCc2ccccc2C1. The van der Waals surface area contributed by atoms with Crippen LogP contribution >= 0.6 is 0 Å². The minimum atomic E-state index is -0.796. The molecule has 0 bridgehead atoms. The topological polar surface area (TPSA) is 44.0 Å². The lowest BCUT2D eigenvalue weighted by Crippen LogP contribution is -2.52. The lowest BCUT2D eigenvalue weighted by Gasteiger charge is -2.45. The molecule has 2 aliphatic rings. The predicted octanol–water partition coefficient (Wildman–Crippen LogP) is 3.24. The van der Waals surface area contributed by atoms with Crippen LogP contribution in [-0.4, -0.2) is 10.7 Å². The number of rotatable bonds is 3. The van der Waals surface area contributed by atoms with E-state index in [4.69, 9.17) is 0 Å². The van der Waals surface area contributed by atoms with Crippen molar-refractivity contribution in [1.82, 2.24) is 0 Å². The first-order chi connectivity index (χ1) is 9.15. The van der Waals surface area contributed by atoms with Crippen molar-refractivity contribution in [2.45, 2.75) is 51.0 Å². The molecule has 1 aromatic rings. The van der Waals surface area contributed by atoms with Crippen molar-refractivity contribution in [3.05, 3.63) is 35.4 Å². The van der Waals surface area contributed by atoms with Crippen molar-refractivity contribution in [3.8, 4) is 6.07 Å². The van der Waals surface area contributed by atoms with E-state index in [1.165, 1.54) is 11.1 Å². The number of aliphatic hydroxyl groups is 1. The molecule has 100 valence electrons. The molecule has 2 heteroatoms. The first kappa shape index (κ1) is 12.7. The van der Waals surface area contributed by atoms with Crippen molar-refractivity contribution >= 4 is 0 Å². The molecule has 0 radical (unpaired) electrons. The molecule has 0 aliphatic heterocycles. The van der Waals surface area contributed by atoms with E-state index in [9.17, 15) is 10.4 Å². The maximum Gasteiger partial charge on any atom is 0.0906 e. The molecule has 0 amide bonds. The van der Waals surface area contributed by atoms with E-state index in [0.29, 0.717) is 18.8 Å². The van der Waals surface area contributed by atoms with Gasteiger partial charge in [0.15, 0.2) is 0 Å². The number of benzene rings is 1. The molecule has 2 nitrogen and oxygen atoms in total. The standard InChI is InChI=1S/C17H21NO/c1-2-17(19,15-7-8-15)16(12-18)10-9-13-5-3-4-6-14(13)11-16/h3-6,15,19H,2,7-11H2,1H3. The van der Waals surface area contributed by atoms with Gasteiger partial charge in [-0.1, -0.05) is 31.2 Å². The average molecular weight is 255 g/mol. The van der Waals surface area contributed by atoms with Crippen LogP contribution in [0, 0.1) is 22.7 Å². The normalized spacial score (nSPS) is 29.1. The van der Waals surface area contributed by atoms with Crippen molar-refractivity contribution in [1.29, 1.82) is 5.26 Å². The molecule has 2 unspecified atom stereocenters. The van der Waals surface area contributed by atoms with Gasteiger partial charge in [-0.15, -0.1) is 0 Å². The van der Waals surface area contributed by atoms with Crippen LogP contribution in [0.2, 0.25) is 0 Å². The highest BCUT2D eigenvalue weighted by Gasteiger charge is 2.58. The molecule has 19 heavy (non-hydrogen) atoms. The summed E-state index contributed by atoms with van der Waals surface area (Å²) in [6.07, 6.45) is 5.26. The van der Waals surface area contributed by atoms with Gasteiger partial charge in [-0.3, -0.25) is 0 Å². The summed E-state index contributed by atoms with van der Waals surface area (Å²) in [4.78, 5) is 0. The molecule has 2 atom stereocenters. The van der Waals surface area contributed by atoms with Gasteiger partial charge in [-0.25, -0.2) is 0 Å². The summed E-state index contributed by atoms with van der Waals surface area (Å²) in [5.74, 6) is 0.336. The van der Waals surface area contributed by atoms with E-state index in [1.807, 2.05) is 13.0 Å². The molecule has 1 N–H and O–H groups in total. The second kappa shape index (κ2) is 4.35. The Kier molecular flexibility index (Phi) is 2.91. The monoisotopic (exact) mass is 255 g/mol. The predicted molar refractivity (Wildman–Crippen MR) is 74.5 cm³/mol. The Bertz CT molecular complexity index is 528. The molecule has 0 saturated heterocycles. The van der Waals surface area contributed by atoms with Gasteiger partial charge >= 0.3 is 0 Å². The number of hydrogen-bond donors (Lipinski definition) is 1. The van der Waals surface area contributed by atoms with Crippen LogP contribution in [-0.2, 0) is 12.8 Å². The molecule has 1 saturated carbocycles. The van der Waals surface area contributed by atoms with Gasteiger partial charge in [-0.2, -0.15) is 5.26 Å². The third-order valence-corrected chi connectivity index (χ3v) is 5.27. The summed E-state index contributed by atoms with van der Waals surface area (Å²) in [6.45, 7) is 2.03. The van der Waals surface area contributed by atoms with E-state index in [1.54, 1.807) is 0 Å². The molecule has 0 spiro atoms. The summed E-state index contributed by atoms with van der Waals surface area (Å²) >= 11 is 0. The minimum absolute atomic E-state index is 0.336. The maximum atomic E-state index is 11.1. The molecule has 1 fully saturated rings. The Balaban J connectivity index is 2.00. The van der Waals surface area contributed by atoms with Crippen LogP contribution < -0.4 is 0 Å². The highest BCUT2D eigenvalue weighted by Crippen LogP contribution is 2.55. The molecule has 2 aliphatic carbocycles. The van der Waals surface area contributed by atoms with Gasteiger partial charge < -0.3 is 5.11 Å². The molecular weight excluding hydrogens is 234 g/mol. The Morgan fingerprint density at radius 1 is 1.37 bits per heavy atom. The average Bonchev–Trinajstić information content (AvgIpc) is 3.30. The lowest BCUT2D eigenvalue weighted by atomic mass is 9.60. The van der Waals surface area contributed by atoms with Gasteiger partial charge in [0.1, 0.15) is 0 Å². The van der Waals surface area contributed by atoms with Crippen LogP contribution in [0.1, 0.15) is 43.7 Å². The third-order valence-electron chi connectivity index (χ3n) is 5.27. The zero-order valence-corrected chi connectivity index (χ0v) is 11.5. The van der Waals surface area contributed by atoms with E-state index >= 15 is 0 Å². The first-order valence-electron chi connectivity index (χ1n) is 7.35. The second-order valence-corrected chi connectivity index (χ2v) is 6.19. The van der Waals surface area contributed by atoms with Crippen LogP contribution in [0.25, 0.3) is 0 Å². The highest BCUT2D eigenvalue weighted by atomic mass is 16.3. The molecule has 0 aromatic heterocycles. The fourth-order valence-electron chi connectivity index (χ4n) is 3.88. The molecule has 1 aromatic carbocycles. The zero-order valence-electron chi connectivity index (χ0n) is 11.5.